The number of aromatic nitrogens is 2. The van der Waals surface area contributed by atoms with E-state index in [1.54, 1.807) is 23.0 Å². The Morgan fingerprint density at radius 1 is 1.22 bits per heavy atom. The molecular weight excluding hydrogens is 380 g/mol. The van der Waals surface area contributed by atoms with Crippen molar-refractivity contribution < 1.29 is 4.74 Å². The van der Waals surface area contributed by atoms with Crippen LogP contribution in [-0.2, 0) is 6.54 Å². The molecule has 1 heterocycles. The van der Waals surface area contributed by atoms with E-state index in [4.69, 9.17) is 16.3 Å². The van der Waals surface area contributed by atoms with Crippen LogP contribution < -0.4 is 10.3 Å². The van der Waals surface area contributed by atoms with E-state index in [0.29, 0.717) is 41.2 Å². The number of aryl methyl sites for hydroxylation is 1. The summed E-state index contributed by atoms with van der Waals surface area (Å²) in [5.74, 6) is 0.638. The largest absolute Gasteiger partial charge is 0.492 e. The summed E-state index contributed by atoms with van der Waals surface area (Å²) in [6.45, 7) is 1.02. The van der Waals surface area contributed by atoms with Gasteiger partial charge < -0.3 is 4.74 Å². The molecule has 0 atom stereocenters. The molecule has 0 unspecified atom stereocenters. The summed E-state index contributed by atoms with van der Waals surface area (Å²) < 4.78 is 8.16. The van der Waals surface area contributed by atoms with Gasteiger partial charge in [0.15, 0.2) is 0 Å². The Labute approximate surface area is 146 Å². The Balaban J connectivity index is 1.63. The zero-order valence-electron chi connectivity index (χ0n) is 12.2. The van der Waals surface area contributed by atoms with Gasteiger partial charge in [0.05, 0.1) is 28.9 Å². The van der Waals surface area contributed by atoms with E-state index in [-0.39, 0.29) is 5.56 Å². The van der Waals surface area contributed by atoms with Crippen molar-refractivity contribution >= 4 is 38.4 Å². The number of benzene rings is 2. The van der Waals surface area contributed by atoms with Gasteiger partial charge in [-0.1, -0.05) is 39.7 Å². The Morgan fingerprint density at radius 2 is 2.04 bits per heavy atom. The molecule has 3 rings (SSSR count). The third kappa shape index (κ3) is 3.74. The molecule has 4 nitrogen and oxygen atoms in total. The molecule has 6 heteroatoms. The minimum Gasteiger partial charge on any atom is -0.492 e. The molecule has 0 fully saturated rings. The first kappa shape index (κ1) is 16.0. The average Bonchev–Trinajstić information content (AvgIpc) is 2.55. The van der Waals surface area contributed by atoms with Crippen LogP contribution >= 0.6 is 27.5 Å². The topological polar surface area (TPSA) is 44.1 Å². The third-order valence-corrected chi connectivity index (χ3v) is 4.21. The minimum absolute atomic E-state index is 0.0303. The van der Waals surface area contributed by atoms with Crippen LogP contribution in [0.1, 0.15) is 6.42 Å². The Kier molecular flexibility index (Phi) is 4.98. The van der Waals surface area contributed by atoms with Crippen LogP contribution in [0.15, 0.2) is 58.1 Å². The van der Waals surface area contributed by atoms with E-state index in [1.807, 2.05) is 30.3 Å². The molecule has 0 N–H and O–H groups in total. The number of para-hydroxylation sites is 1. The van der Waals surface area contributed by atoms with Crippen LogP contribution in [0.5, 0.6) is 5.75 Å². The summed E-state index contributed by atoms with van der Waals surface area (Å²) in [6.07, 6.45) is 2.27. The molecule has 0 saturated heterocycles. The minimum atomic E-state index is -0.0303. The molecule has 0 aliphatic carbocycles. The van der Waals surface area contributed by atoms with Crippen LogP contribution in [0.3, 0.4) is 0 Å². The van der Waals surface area contributed by atoms with Crippen molar-refractivity contribution in [3.05, 3.63) is 68.6 Å². The number of nitrogens with zero attached hydrogens (tertiary/aromatic N) is 2. The van der Waals surface area contributed by atoms with Gasteiger partial charge in [0.1, 0.15) is 5.75 Å². The molecule has 2 aromatic carbocycles. The molecule has 0 spiro atoms. The molecule has 0 bridgehead atoms. The first-order chi connectivity index (χ1) is 11.1. The standard InChI is InChI=1S/C17H14BrClN2O2/c18-12-6-7-16(14(19)10-12)23-9-3-8-21-11-20-15-5-2-1-4-13(15)17(21)22/h1-2,4-7,10-11H,3,8-9H2. The Morgan fingerprint density at radius 3 is 2.87 bits per heavy atom. The van der Waals surface area contributed by atoms with Crippen LogP contribution in [0.2, 0.25) is 5.02 Å². The zero-order chi connectivity index (χ0) is 16.2. The monoisotopic (exact) mass is 392 g/mol. The quantitative estimate of drug-likeness (QED) is 0.608. The van der Waals surface area contributed by atoms with Gasteiger partial charge >= 0.3 is 0 Å². The summed E-state index contributed by atoms with van der Waals surface area (Å²) in [5, 5.41) is 1.19. The Hall–Kier alpha value is -1.85. The summed E-state index contributed by atoms with van der Waals surface area (Å²) in [5.41, 5.74) is 0.684. The molecule has 1 aromatic heterocycles. The lowest BCUT2D eigenvalue weighted by molar-refractivity contribution is 0.301. The molecular formula is C17H14BrClN2O2. The van der Waals surface area contributed by atoms with Crippen molar-refractivity contribution in [2.45, 2.75) is 13.0 Å². The van der Waals surface area contributed by atoms with E-state index < -0.39 is 0 Å². The maximum Gasteiger partial charge on any atom is 0.261 e. The van der Waals surface area contributed by atoms with Gasteiger partial charge in [0, 0.05) is 11.0 Å². The SMILES string of the molecule is O=c1c2ccccc2ncn1CCCOc1ccc(Br)cc1Cl. The maximum atomic E-state index is 12.3. The second-order valence-electron chi connectivity index (χ2n) is 5.04. The summed E-state index contributed by atoms with van der Waals surface area (Å²) >= 11 is 9.45. The van der Waals surface area contributed by atoms with E-state index in [0.717, 1.165) is 4.47 Å². The van der Waals surface area contributed by atoms with Gasteiger partial charge in [-0.25, -0.2) is 4.98 Å². The second-order valence-corrected chi connectivity index (χ2v) is 6.36. The average molecular weight is 394 g/mol. The summed E-state index contributed by atoms with van der Waals surface area (Å²) in [7, 11) is 0. The fourth-order valence-electron chi connectivity index (χ4n) is 2.27. The third-order valence-electron chi connectivity index (χ3n) is 3.43. The number of ether oxygens (including phenoxy) is 1. The molecule has 0 aliphatic rings. The Bertz CT molecular complexity index is 895. The molecule has 3 aromatic rings. The fraction of sp³-hybridized carbons (Fsp3) is 0.176. The number of halogens is 2. The zero-order valence-corrected chi connectivity index (χ0v) is 14.5. The van der Waals surface area contributed by atoms with Gasteiger partial charge in [-0.3, -0.25) is 9.36 Å². The fourth-order valence-corrected chi connectivity index (χ4v) is 3.00. The molecule has 0 saturated carbocycles. The smallest absolute Gasteiger partial charge is 0.261 e. The molecule has 0 radical (unpaired) electrons. The predicted octanol–water partition coefficient (Wildman–Crippen LogP) is 4.28. The van der Waals surface area contributed by atoms with Crippen molar-refractivity contribution in [2.24, 2.45) is 0 Å². The first-order valence-corrected chi connectivity index (χ1v) is 8.34. The van der Waals surface area contributed by atoms with Gasteiger partial charge in [-0.05, 0) is 36.8 Å². The van der Waals surface area contributed by atoms with Crippen molar-refractivity contribution in [1.29, 1.82) is 0 Å². The molecule has 118 valence electrons. The van der Waals surface area contributed by atoms with Crippen LogP contribution in [0.25, 0.3) is 10.9 Å². The number of rotatable bonds is 5. The number of hydrogen-bond donors (Lipinski definition) is 0. The predicted molar refractivity (Wildman–Crippen MR) is 95.3 cm³/mol. The highest BCUT2D eigenvalue weighted by molar-refractivity contribution is 9.10. The lowest BCUT2D eigenvalue weighted by Gasteiger charge is -2.09. The number of hydrogen-bond acceptors (Lipinski definition) is 3. The lowest BCUT2D eigenvalue weighted by Crippen LogP contribution is -2.21. The van der Waals surface area contributed by atoms with Gasteiger partial charge in [-0.15, -0.1) is 0 Å². The number of fused-ring (bicyclic) bond motifs is 1. The van der Waals surface area contributed by atoms with Gasteiger partial charge in [-0.2, -0.15) is 0 Å². The lowest BCUT2D eigenvalue weighted by atomic mass is 10.2. The second kappa shape index (κ2) is 7.15. The molecule has 23 heavy (non-hydrogen) atoms. The highest BCUT2D eigenvalue weighted by atomic mass is 79.9. The van der Waals surface area contributed by atoms with Gasteiger partial charge in [0.25, 0.3) is 5.56 Å². The van der Waals surface area contributed by atoms with Crippen LogP contribution in [0, 0.1) is 0 Å². The van der Waals surface area contributed by atoms with Crippen LogP contribution in [0.4, 0.5) is 0 Å². The van der Waals surface area contributed by atoms with Crippen LogP contribution in [-0.4, -0.2) is 16.2 Å². The van der Waals surface area contributed by atoms with Crippen molar-refractivity contribution in [2.75, 3.05) is 6.61 Å². The summed E-state index contributed by atoms with van der Waals surface area (Å²) in [4.78, 5) is 16.6. The molecule has 0 amide bonds. The normalized spacial score (nSPS) is 10.9. The van der Waals surface area contributed by atoms with Crippen molar-refractivity contribution in [3.8, 4) is 5.75 Å². The maximum absolute atomic E-state index is 12.3. The first-order valence-electron chi connectivity index (χ1n) is 7.17. The molecule has 0 aliphatic heterocycles. The van der Waals surface area contributed by atoms with E-state index in [2.05, 4.69) is 20.9 Å². The van der Waals surface area contributed by atoms with Gasteiger partial charge in [0.2, 0.25) is 0 Å². The van der Waals surface area contributed by atoms with E-state index >= 15 is 0 Å². The van der Waals surface area contributed by atoms with E-state index in [9.17, 15) is 4.79 Å². The van der Waals surface area contributed by atoms with Crippen molar-refractivity contribution in [3.63, 3.8) is 0 Å². The highest BCUT2D eigenvalue weighted by Crippen LogP contribution is 2.27. The van der Waals surface area contributed by atoms with Crippen molar-refractivity contribution in [1.82, 2.24) is 9.55 Å². The summed E-state index contributed by atoms with van der Waals surface area (Å²) in [6, 6.07) is 12.8. The highest BCUT2D eigenvalue weighted by Gasteiger charge is 2.04. The van der Waals surface area contributed by atoms with E-state index in [1.165, 1.54) is 0 Å².